The number of ether oxygens (including phenoxy) is 1. The SMILES string of the molecule is Cc1ccc(C(=O)NCc2cccnc2OC(C)C)cc1NC(=O)c1ccco1. The number of aryl methyl sites for hydroxylation is 1. The number of amides is 2. The second-order valence-electron chi connectivity index (χ2n) is 6.78. The lowest BCUT2D eigenvalue weighted by Gasteiger charge is -2.14. The average Bonchev–Trinajstić information content (AvgIpc) is 3.23. The van der Waals surface area contributed by atoms with Gasteiger partial charge in [0.25, 0.3) is 11.8 Å². The van der Waals surface area contributed by atoms with Gasteiger partial charge in [0.2, 0.25) is 5.88 Å². The van der Waals surface area contributed by atoms with E-state index in [-0.39, 0.29) is 30.2 Å². The van der Waals surface area contributed by atoms with Crippen molar-refractivity contribution in [2.45, 2.75) is 33.4 Å². The van der Waals surface area contributed by atoms with Gasteiger partial charge in [-0.2, -0.15) is 0 Å². The van der Waals surface area contributed by atoms with Gasteiger partial charge < -0.3 is 19.8 Å². The lowest BCUT2D eigenvalue weighted by Crippen LogP contribution is -2.24. The van der Waals surface area contributed by atoms with Crippen LogP contribution in [0.5, 0.6) is 5.88 Å². The summed E-state index contributed by atoms with van der Waals surface area (Å²) in [6.45, 7) is 5.96. The molecule has 29 heavy (non-hydrogen) atoms. The maximum absolute atomic E-state index is 12.6. The Balaban J connectivity index is 1.69. The molecular weight excluding hydrogens is 370 g/mol. The predicted molar refractivity (Wildman–Crippen MR) is 109 cm³/mol. The van der Waals surface area contributed by atoms with Crippen LogP contribution in [0.25, 0.3) is 0 Å². The molecule has 2 amide bonds. The molecule has 0 spiro atoms. The highest BCUT2D eigenvalue weighted by molar-refractivity contribution is 6.03. The zero-order chi connectivity index (χ0) is 20.8. The Morgan fingerprint density at radius 1 is 1.14 bits per heavy atom. The molecule has 0 radical (unpaired) electrons. The number of hydrogen-bond acceptors (Lipinski definition) is 5. The van der Waals surface area contributed by atoms with Gasteiger partial charge in [-0.15, -0.1) is 0 Å². The molecule has 2 aromatic heterocycles. The van der Waals surface area contributed by atoms with Gasteiger partial charge in [0, 0.05) is 29.6 Å². The van der Waals surface area contributed by atoms with E-state index >= 15 is 0 Å². The smallest absolute Gasteiger partial charge is 0.291 e. The molecule has 3 rings (SSSR count). The Morgan fingerprint density at radius 3 is 2.69 bits per heavy atom. The highest BCUT2D eigenvalue weighted by Crippen LogP contribution is 2.19. The molecule has 7 heteroatoms. The third kappa shape index (κ3) is 5.22. The van der Waals surface area contributed by atoms with Gasteiger partial charge in [0.05, 0.1) is 12.4 Å². The number of anilines is 1. The third-order valence-electron chi connectivity index (χ3n) is 4.13. The van der Waals surface area contributed by atoms with Crippen LogP contribution in [0.2, 0.25) is 0 Å². The number of benzene rings is 1. The second-order valence-corrected chi connectivity index (χ2v) is 6.78. The van der Waals surface area contributed by atoms with Crippen molar-refractivity contribution in [3.8, 4) is 5.88 Å². The van der Waals surface area contributed by atoms with Gasteiger partial charge in [-0.05, 0) is 56.7 Å². The molecule has 0 aliphatic rings. The first-order chi connectivity index (χ1) is 13.9. The maximum Gasteiger partial charge on any atom is 0.291 e. The number of nitrogens with one attached hydrogen (secondary N) is 2. The molecule has 2 heterocycles. The van der Waals surface area contributed by atoms with Crippen molar-refractivity contribution >= 4 is 17.5 Å². The number of furan rings is 1. The van der Waals surface area contributed by atoms with Gasteiger partial charge in [0.15, 0.2) is 5.76 Å². The zero-order valence-electron chi connectivity index (χ0n) is 16.6. The van der Waals surface area contributed by atoms with E-state index in [9.17, 15) is 9.59 Å². The van der Waals surface area contributed by atoms with Gasteiger partial charge in [-0.1, -0.05) is 12.1 Å². The summed E-state index contributed by atoms with van der Waals surface area (Å²) in [5, 5.41) is 5.64. The standard InChI is InChI=1S/C22H23N3O4/c1-14(2)29-22-17(6-4-10-23-22)13-24-20(26)16-9-8-15(3)18(12-16)25-21(27)19-7-5-11-28-19/h4-12,14H,13H2,1-3H3,(H,24,26)(H,25,27). The minimum Gasteiger partial charge on any atom is -0.475 e. The van der Waals surface area contributed by atoms with Gasteiger partial charge in [0.1, 0.15) is 0 Å². The quantitative estimate of drug-likeness (QED) is 0.634. The van der Waals surface area contributed by atoms with Crippen LogP contribution in [-0.2, 0) is 6.54 Å². The fourth-order valence-corrected chi connectivity index (χ4v) is 2.66. The molecule has 0 atom stereocenters. The van der Waals surface area contributed by atoms with E-state index in [1.807, 2.05) is 26.8 Å². The fourth-order valence-electron chi connectivity index (χ4n) is 2.66. The molecule has 3 aromatic rings. The largest absolute Gasteiger partial charge is 0.475 e. The molecule has 0 unspecified atom stereocenters. The van der Waals surface area contributed by atoms with Crippen molar-refractivity contribution in [2.24, 2.45) is 0 Å². The summed E-state index contributed by atoms with van der Waals surface area (Å²) in [4.78, 5) is 29.1. The third-order valence-corrected chi connectivity index (χ3v) is 4.13. The molecule has 1 aromatic carbocycles. The van der Waals surface area contributed by atoms with E-state index in [0.29, 0.717) is 17.1 Å². The molecule has 7 nitrogen and oxygen atoms in total. The number of carbonyl (C=O) groups excluding carboxylic acids is 2. The topological polar surface area (TPSA) is 93.5 Å². The molecule has 0 fully saturated rings. The molecule has 0 bridgehead atoms. The Bertz CT molecular complexity index is 997. The minimum atomic E-state index is -0.374. The first-order valence-corrected chi connectivity index (χ1v) is 9.28. The van der Waals surface area contributed by atoms with Crippen molar-refractivity contribution in [3.63, 3.8) is 0 Å². The van der Waals surface area contributed by atoms with E-state index in [1.165, 1.54) is 6.26 Å². The van der Waals surface area contributed by atoms with Crippen molar-refractivity contribution in [1.82, 2.24) is 10.3 Å². The molecule has 2 N–H and O–H groups in total. The van der Waals surface area contributed by atoms with Crippen LogP contribution in [0.15, 0.2) is 59.3 Å². The van der Waals surface area contributed by atoms with E-state index in [4.69, 9.17) is 9.15 Å². The molecule has 0 saturated carbocycles. The zero-order valence-corrected chi connectivity index (χ0v) is 16.6. The Morgan fingerprint density at radius 2 is 1.97 bits per heavy atom. The summed E-state index contributed by atoms with van der Waals surface area (Å²) in [5.41, 5.74) is 2.60. The van der Waals surface area contributed by atoms with E-state index in [1.54, 1.807) is 42.6 Å². The summed E-state index contributed by atoms with van der Waals surface area (Å²) >= 11 is 0. The number of pyridine rings is 1. The molecule has 0 aliphatic carbocycles. The van der Waals surface area contributed by atoms with Gasteiger partial charge in [-0.25, -0.2) is 4.98 Å². The number of nitrogens with zero attached hydrogens (tertiary/aromatic N) is 1. The first kappa shape index (κ1) is 20.1. The summed E-state index contributed by atoms with van der Waals surface area (Å²) < 4.78 is 10.8. The predicted octanol–water partition coefficient (Wildman–Crippen LogP) is 3.95. The van der Waals surface area contributed by atoms with E-state index in [0.717, 1.165) is 11.1 Å². The summed E-state index contributed by atoms with van der Waals surface area (Å²) in [6, 6.07) is 12.0. The fraction of sp³-hybridized carbons (Fsp3) is 0.227. The lowest BCUT2D eigenvalue weighted by molar-refractivity contribution is 0.0948. The highest BCUT2D eigenvalue weighted by atomic mass is 16.5. The second kappa shape index (κ2) is 9.05. The maximum atomic E-state index is 12.6. The lowest BCUT2D eigenvalue weighted by atomic mass is 10.1. The van der Waals surface area contributed by atoms with Crippen molar-refractivity contribution in [3.05, 3.63) is 77.4 Å². The number of hydrogen-bond donors (Lipinski definition) is 2. The van der Waals surface area contributed by atoms with Gasteiger partial charge >= 0.3 is 0 Å². The number of aromatic nitrogens is 1. The molecule has 0 aliphatic heterocycles. The Labute approximate surface area is 169 Å². The average molecular weight is 393 g/mol. The first-order valence-electron chi connectivity index (χ1n) is 9.28. The highest BCUT2D eigenvalue weighted by Gasteiger charge is 2.14. The van der Waals surface area contributed by atoms with Crippen molar-refractivity contribution in [2.75, 3.05) is 5.32 Å². The summed E-state index contributed by atoms with van der Waals surface area (Å²) in [5.74, 6) is 0.0611. The van der Waals surface area contributed by atoms with Crippen LogP contribution < -0.4 is 15.4 Å². The van der Waals surface area contributed by atoms with Crippen LogP contribution in [0, 0.1) is 6.92 Å². The van der Waals surface area contributed by atoms with Crippen LogP contribution in [0.1, 0.15) is 45.9 Å². The van der Waals surface area contributed by atoms with E-state index in [2.05, 4.69) is 15.6 Å². The summed E-state index contributed by atoms with van der Waals surface area (Å²) in [7, 11) is 0. The van der Waals surface area contributed by atoms with Crippen LogP contribution in [0.4, 0.5) is 5.69 Å². The van der Waals surface area contributed by atoms with Gasteiger partial charge in [-0.3, -0.25) is 9.59 Å². The number of rotatable bonds is 7. The molecule has 150 valence electrons. The molecule has 0 saturated heterocycles. The van der Waals surface area contributed by atoms with Crippen LogP contribution in [0.3, 0.4) is 0 Å². The monoisotopic (exact) mass is 393 g/mol. The van der Waals surface area contributed by atoms with Crippen molar-refractivity contribution in [1.29, 1.82) is 0 Å². The Hall–Kier alpha value is -3.61. The van der Waals surface area contributed by atoms with E-state index < -0.39 is 0 Å². The van der Waals surface area contributed by atoms with Crippen LogP contribution >= 0.6 is 0 Å². The van der Waals surface area contributed by atoms with Crippen LogP contribution in [-0.4, -0.2) is 22.9 Å². The normalized spacial score (nSPS) is 10.6. The van der Waals surface area contributed by atoms with Crippen molar-refractivity contribution < 1.29 is 18.7 Å². The number of carbonyl (C=O) groups is 2. The Kier molecular flexibility index (Phi) is 6.29. The molecular formula is C22H23N3O4. The summed E-state index contributed by atoms with van der Waals surface area (Å²) in [6.07, 6.45) is 3.06. The minimum absolute atomic E-state index is 0.0169.